The lowest BCUT2D eigenvalue weighted by Gasteiger charge is -2.53. The lowest BCUT2D eigenvalue weighted by Crippen LogP contribution is -2.62. The summed E-state index contributed by atoms with van der Waals surface area (Å²) < 4.78 is 20.3. The van der Waals surface area contributed by atoms with Crippen molar-refractivity contribution in [1.82, 2.24) is 25.0 Å². The fourth-order valence-corrected chi connectivity index (χ4v) is 5.99. The second kappa shape index (κ2) is 11.9. The van der Waals surface area contributed by atoms with E-state index >= 15 is 0 Å². The van der Waals surface area contributed by atoms with Gasteiger partial charge in [0.1, 0.15) is 17.9 Å². The number of hydrogen-bond donors (Lipinski definition) is 1. The normalized spacial score (nSPS) is 17.8. The first-order chi connectivity index (χ1) is 18.2. The molecule has 0 radical (unpaired) electrons. The number of carbonyl (C=O) groups is 1. The summed E-state index contributed by atoms with van der Waals surface area (Å²) in [6.45, 7) is 15.4. The van der Waals surface area contributed by atoms with Crippen molar-refractivity contribution in [2.24, 2.45) is 17.1 Å². The predicted octanol–water partition coefficient (Wildman–Crippen LogP) is 3.95. The maximum absolute atomic E-state index is 14.2. The van der Waals surface area contributed by atoms with Crippen molar-refractivity contribution < 1.29 is 13.9 Å². The standard InChI is InChI=1S/C28H42FN7O2/c1-6-36(20(4)5)27(37)22-14-21(29)9-10-24(22)38-26-25(31-18-32-33-26)34-13-11-28(15-34)16-35(17-28)23(19(2)3)8-7-12-30/h9-10,14,18-20,23H,6-8,11-13,15-17,30H2,1-5H3. The molecule has 10 heteroatoms. The highest BCUT2D eigenvalue weighted by Crippen LogP contribution is 2.44. The van der Waals surface area contributed by atoms with Gasteiger partial charge in [0.15, 0.2) is 5.82 Å². The van der Waals surface area contributed by atoms with Crippen LogP contribution in [-0.2, 0) is 0 Å². The minimum Gasteiger partial charge on any atom is -0.434 e. The summed E-state index contributed by atoms with van der Waals surface area (Å²) in [5.74, 6) is 0.853. The van der Waals surface area contributed by atoms with E-state index in [-0.39, 0.29) is 34.6 Å². The smallest absolute Gasteiger partial charge is 0.282 e. The molecule has 1 aromatic carbocycles. The van der Waals surface area contributed by atoms with Crippen LogP contribution in [0.3, 0.4) is 0 Å². The van der Waals surface area contributed by atoms with Gasteiger partial charge in [0.25, 0.3) is 11.8 Å². The lowest BCUT2D eigenvalue weighted by molar-refractivity contribution is -0.0337. The fourth-order valence-electron chi connectivity index (χ4n) is 5.99. The highest BCUT2D eigenvalue weighted by atomic mass is 19.1. The summed E-state index contributed by atoms with van der Waals surface area (Å²) in [6.07, 6.45) is 4.66. The molecular formula is C28H42FN7O2. The van der Waals surface area contributed by atoms with Crippen LogP contribution < -0.4 is 15.4 Å². The molecule has 2 fully saturated rings. The molecule has 2 N–H and O–H groups in total. The number of ether oxygens (including phenoxy) is 1. The van der Waals surface area contributed by atoms with Crippen molar-refractivity contribution in [3.8, 4) is 11.6 Å². The Morgan fingerprint density at radius 1 is 1.24 bits per heavy atom. The molecule has 2 aromatic rings. The van der Waals surface area contributed by atoms with Crippen LogP contribution in [0.15, 0.2) is 24.5 Å². The molecule has 1 amide bonds. The van der Waals surface area contributed by atoms with Gasteiger partial charge in [-0.25, -0.2) is 9.37 Å². The number of halogens is 1. The number of nitrogens with zero attached hydrogens (tertiary/aromatic N) is 6. The van der Waals surface area contributed by atoms with Gasteiger partial charge in [-0.2, -0.15) is 0 Å². The van der Waals surface area contributed by atoms with Crippen molar-refractivity contribution >= 4 is 11.7 Å². The molecule has 0 bridgehead atoms. The number of amides is 1. The Balaban J connectivity index is 1.51. The molecular weight excluding hydrogens is 485 g/mol. The molecule has 3 heterocycles. The van der Waals surface area contributed by atoms with E-state index in [0.29, 0.717) is 24.3 Å². The van der Waals surface area contributed by atoms with E-state index in [1.165, 1.54) is 24.5 Å². The Labute approximate surface area is 225 Å². The zero-order valence-electron chi connectivity index (χ0n) is 23.4. The first-order valence-corrected chi connectivity index (χ1v) is 13.8. The number of rotatable bonds is 11. The summed E-state index contributed by atoms with van der Waals surface area (Å²) in [5, 5.41) is 8.15. The maximum atomic E-state index is 14.2. The molecule has 4 rings (SSSR count). The lowest BCUT2D eigenvalue weighted by atomic mass is 9.76. The summed E-state index contributed by atoms with van der Waals surface area (Å²) in [6, 6.07) is 4.49. The van der Waals surface area contributed by atoms with Gasteiger partial charge in [0, 0.05) is 50.2 Å². The molecule has 2 saturated heterocycles. The van der Waals surface area contributed by atoms with Crippen LogP contribution in [0.4, 0.5) is 10.2 Å². The average molecular weight is 528 g/mol. The van der Waals surface area contributed by atoms with E-state index in [1.807, 2.05) is 20.8 Å². The number of carbonyl (C=O) groups excluding carboxylic acids is 1. The van der Waals surface area contributed by atoms with Crippen molar-refractivity contribution in [2.45, 2.75) is 66.0 Å². The third-order valence-electron chi connectivity index (χ3n) is 7.93. The number of benzene rings is 1. The summed E-state index contributed by atoms with van der Waals surface area (Å²) in [4.78, 5) is 24.2. The van der Waals surface area contributed by atoms with Crippen LogP contribution >= 0.6 is 0 Å². The van der Waals surface area contributed by atoms with Gasteiger partial charge in [-0.05, 0) is 70.7 Å². The van der Waals surface area contributed by atoms with E-state index in [2.05, 4.69) is 38.8 Å². The van der Waals surface area contributed by atoms with Crippen LogP contribution in [0.1, 0.15) is 64.2 Å². The quantitative estimate of drug-likeness (QED) is 0.469. The number of hydrogen-bond acceptors (Lipinski definition) is 8. The molecule has 0 saturated carbocycles. The van der Waals surface area contributed by atoms with Crippen LogP contribution in [0.25, 0.3) is 0 Å². The highest BCUT2D eigenvalue weighted by molar-refractivity contribution is 5.97. The molecule has 2 aliphatic rings. The molecule has 9 nitrogen and oxygen atoms in total. The van der Waals surface area contributed by atoms with Gasteiger partial charge in [0.05, 0.1) is 5.56 Å². The van der Waals surface area contributed by atoms with E-state index in [4.69, 9.17) is 10.5 Å². The van der Waals surface area contributed by atoms with Gasteiger partial charge in [0.2, 0.25) is 0 Å². The average Bonchev–Trinajstić information content (AvgIpc) is 3.31. The van der Waals surface area contributed by atoms with Crippen LogP contribution in [-0.4, -0.2) is 82.2 Å². The molecule has 1 spiro atoms. The Morgan fingerprint density at radius 2 is 2.00 bits per heavy atom. The Morgan fingerprint density at radius 3 is 2.66 bits per heavy atom. The van der Waals surface area contributed by atoms with Crippen LogP contribution in [0.5, 0.6) is 11.6 Å². The number of likely N-dealkylation sites (tertiary alicyclic amines) is 1. The van der Waals surface area contributed by atoms with Crippen molar-refractivity contribution in [2.75, 3.05) is 44.2 Å². The van der Waals surface area contributed by atoms with Gasteiger partial charge in [-0.15, -0.1) is 10.2 Å². The van der Waals surface area contributed by atoms with Gasteiger partial charge in [-0.3, -0.25) is 9.69 Å². The molecule has 208 valence electrons. The van der Waals surface area contributed by atoms with Gasteiger partial charge >= 0.3 is 0 Å². The van der Waals surface area contributed by atoms with Crippen molar-refractivity contribution in [1.29, 1.82) is 0 Å². The summed E-state index contributed by atoms with van der Waals surface area (Å²) in [7, 11) is 0. The van der Waals surface area contributed by atoms with Crippen molar-refractivity contribution in [3.05, 3.63) is 35.9 Å². The molecule has 38 heavy (non-hydrogen) atoms. The molecule has 2 aliphatic heterocycles. The summed E-state index contributed by atoms with van der Waals surface area (Å²) >= 11 is 0. The minimum absolute atomic E-state index is 0.0363. The van der Waals surface area contributed by atoms with E-state index in [1.54, 1.807) is 4.90 Å². The topological polar surface area (TPSA) is 101 Å². The molecule has 1 atom stereocenters. The minimum atomic E-state index is -0.500. The van der Waals surface area contributed by atoms with Crippen molar-refractivity contribution in [3.63, 3.8) is 0 Å². The zero-order valence-corrected chi connectivity index (χ0v) is 23.4. The monoisotopic (exact) mass is 527 g/mol. The fraction of sp³-hybridized carbons (Fsp3) is 0.643. The highest BCUT2D eigenvalue weighted by Gasteiger charge is 2.50. The largest absolute Gasteiger partial charge is 0.434 e. The second-order valence-electron chi connectivity index (χ2n) is 11.3. The second-order valence-corrected chi connectivity index (χ2v) is 11.3. The Hall–Kier alpha value is -2.85. The van der Waals surface area contributed by atoms with E-state index < -0.39 is 5.82 Å². The molecule has 1 aromatic heterocycles. The third kappa shape index (κ3) is 5.91. The van der Waals surface area contributed by atoms with Gasteiger partial charge < -0.3 is 20.3 Å². The van der Waals surface area contributed by atoms with Crippen LogP contribution in [0.2, 0.25) is 0 Å². The predicted molar refractivity (Wildman–Crippen MR) is 146 cm³/mol. The first kappa shape index (κ1) is 28.2. The third-order valence-corrected chi connectivity index (χ3v) is 7.93. The maximum Gasteiger partial charge on any atom is 0.282 e. The number of nitrogens with two attached hydrogens (primary N) is 1. The number of aromatic nitrogens is 3. The molecule has 0 aliphatic carbocycles. The Kier molecular flexibility index (Phi) is 8.82. The van der Waals surface area contributed by atoms with Crippen LogP contribution in [0, 0.1) is 17.2 Å². The zero-order chi connectivity index (χ0) is 27.4. The Bertz CT molecular complexity index is 1110. The summed E-state index contributed by atoms with van der Waals surface area (Å²) in [5.41, 5.74) is 6.15. The SMILES string of the molecule is CCN(C(=O)c1cc(F)ccc1Oc1nncnc1N1CCC2(C1)CN(C(CCCN)C(C)C)C2)C(C)C. The number of anilines is 1. The first-order valence-electron chi connectivity index (χ1n) is 13.8. The van der Waals surface area contributed by atoms with E-state index in [9.17, 15) is 9.18 Å². The van der Waals surface area contributed by atoms with Gasteiger partial charge in [-0.1, -0.05) is 13.8 Å². The van der Waals surface area contributed by atoms with E-state index in [0.717, 1.165) is 52.0 Å². The molecule has 1 unspecified atom stereocenters.